The summed E-state index contributed by atoms with van der Waals surface area (Å²) in [6, 6.07) is 4.60. The zero-order valence-corrected chi connectivity index (χ0v) is 9.95. The number of methoxy groups -OCH3 is 2. The van der Waals surface area contributed by atoms with Gasteiger partial charge in [-0.25, -0.2) is 14.0 Å². The van der Waals surface area contributed by atoms with Gasteiger partial charge in [-0.2, -0.15) is 0 Å². The first-order chi connectivity index (χ1) is 7.96. The average Bonchev–Trinajstić information content (AvgIpc) is 2.36. The average molecular weight is 261 g/mol. The molecule has 6 heteroatoms. The van der Waals surface area contributed by atoms with Crippen molar-refractivity contribution in [1.29, 1.82) is 0 Å². The molecule has 0 spiro atoms. The summed E-state index contributed by atoms with van der Waals surface area (Å²) < 4.78 is 21.7. The normalized spacial score (nSPS) is 10.8. The van der Waals surface area contributed by atoms with Crippen molar-refractivity contribution < 1.29 is 23.5 Å². The van der Waals surface area contributed by atoms with E-state index >= 15 is 0 Å². The number of hydrogen-bond acceptors (Lipinski definition) is 4. The van der Waals surface area contributed by atoms with E-state index in [4.69, 9.17) is 11.6 Å². The molecule has 0 aromatic heterocycles. The van der Waals surface area contributed by atoms with Crippen LogP contribution in [-0.2, 0) is 23.9 Å². The van der Waals surface area contributed by atoms with Gasteiger partial charge in [0.25, 0.3) is 4.87 Å². The second-order valence-corrected chi connectivity index (χ2v) is 3.72. The van der Waals surface area contributed by atoms with Crippen molar-refractivity contribution >= 4 is 23.5 Å². The number of carbonyl (C=O) groups excluding carboxylic acids is 2. The third-order valence-electron chi connectivity index (χ3n) is 2.18. The lowest BCUT2D eigenvalue weighted by molar-refractivity contribution is -0.156. The van der Waals surface area contributed by atoms with E-state index < -0.39 is 22.6 Å². The molecule has 0 aliphatic carbocycles. The second kappa shape index (κ2) is 5.14. The molecular weight excluding hydrogens is 251 g/mol. The standard InChI is InChI=1S/C11H10ClFO4/c1-16-9(14)11(12,10(15)17-2)7-3-5-8(13)6-4-7/h3-6H,1-2H3. The Labute approximate surface area is 102 Å². The molecule has 0 amide bonds. The van der Waals surface area contributed by atoms with Crippen LogP contribution in [0.1, 0.15) is 5.56 Å². The number of halogens is 2. The first-order valence-electron chi connectivity index (χ1n) is 4.58. The molecule has 0 bridgehead atoms. The molecule has 0 saturated carbocycles. The fraction of sp³-hybridized carbons (Fsp3) is 0.273. The summed E-state index contributed by atoms with van der Waals surface area (Å²) in [4.78, 5) is 21.0. The van der Waals surface area contributed by atoms with Crippen molar-refractivity contribution in [2.75, 3.05) is 14.2 Å². The highest BCUT2D eigenvalue weighted by molar-refractivity contribution is 6.44. The smallest absolute Gasteiger partial charge is 0.343 e. The summed E-state index contributed by atoms with van der Waals surface area (Å²) in [6.45, 7) is 0. The molecule has 4 nitrogen and oxygen atoms in total. The van der Waals surface area contributed by atoms with Gasteiger partial charge < -0.3 is 9.47 Å². The molecule has 0 heterocycles. The molecule has 1 aromatic rings. The number of rotatable bonds is 3. The topological polar surface area (TPSA) is 52.6 Å². The zero-order chi connectivity index (χ0) is 13.1. The van der Waals surface area contributed by atoms with Gasteiger partial charge in [-0.05, 0) is 17.7 Å². The minimum atomic E-state index is -2.11. The number of esters is 2. The fourth-order valence-corrected chi connectivity index (χ4v) is 1.56. The highest BCUT2D eigenvalue weighted by Crippen LogP contribution is 2.32. The predicted molar refractivity (Wildman–Crippen MR) is 58.0 cm³/mol. The van der Waals surface area contributed by atoms with E-state index in [0.29, 0.717) is 0 Å². The SMILES string of the molecule is COC(=O)C(Cl)(C(=O)OC)c1ccc(F)cc1. The van der Waals surface area contributed by atoms with E-state index in [0.717, 1.165) is 26.4 Å². The fourth-order valence-electron chi connectivity index (χ4n) is 1.28. The largest absolute Gasteiger partial charge is 0.467 e. The molecule has 0 aliphatic heterocycles. The van der Waals surface area contributed by atoms with Crippen LogP contribution in [0.15, 0.2) is 24.3 Å². The number of hydrogen-bond donors (Lipinski definition) is 0. The maximum Gasteiger partial charge on any atom is 0.343 e. The molecule has 1 rings (SSSR count). The molecule has 0 atom stereocenters. The quantitative estimate of drug-likeness (QED) is 0.471. The Kier molecular flexibility index (Phi) is 4.07. The van der Waals surface area contributed by atoms with Crippen molar-refractivity contribution in [1.82, 2.24) is 0 Å². The van der Waals surface area contributed by atoms with Crippen molar-refractivity contribution in [2.45, 2.75) is 4.87 Å². The third-order valence-corrected chi connectivity index (χ3v) is 2.70. The third kappa shape index (κ3) is 2.39. The Morgan fingerprint density at radius 1 is 1.12 bits per heavy atom. The van der Waals surface area contributed by atoms with Gasteiger partial charge >= 0.3 is 11.9 Å². The summed E-state index contributed by atoms with van der Waals surface area (Å²) >= 11 is 5.95. The van der Waals surface area contributed by atoms with E-state index in [-0.39, 0.29) is 5.56 Å². The monoisotopic (exact) mass is 260 g/mol. The summed E-state index contributed by atoms with van der Waals surface area (Å²) in [5, 5.41) is 0. The molecule has 17 heavy (non-hydrogen) atoms. The molecule has 92 valence electrons. The van der Waals surface area contributed by atoms with Gasteiger partial charge in [-0.15, -0.1) is 0 Å². The van der Waals surface area contributed by atoms with E-state index in [9.17, 15) is 14.0 Å². The molecule has 0 fully saturated rings. The lowest BCUT2D eigenvalue weighted by Crippen LogP contribution is -2.40. The number of ether oxygens (including phenoxy) is 2. The molecule has 0 unspecified atom stereocenters. The van der Waals surface area contributed by atoms with Crippen LogP contribution in [0.25, 0.3) is 0 Å². The van der Waals surface area contributed by atoms with Crippen LogP contribution in [-0.4, -0.2) is 26.2 Å². The molecule has 0 saturated heterocycles. The number of benzene rings is 1. The van der Waals surface area contributed by atoms with Crippen molar-refractivity contribution in [3.63, 3.8) is 0 Å². The van der Waals surface area contributed by atoms with Crippen molar-refractivity contribution in [3.05, 3.63) is 35.6 Å². The van der Waals surface area contributed by atoms with Crippen LogP contribution in [0.3, 0.4) is 0 Å². The van der Waals surface area contributed by atoms with E-state index in [1.54, 1.807) is 0 Å². The van der Waals surface area contributed by atoms with Gasteiger partial charge in [0.15, 0.2) is 0 Å². The Morgan fingerprint density at radius 2 is 1.53 bits per heavy atom. The van der Waals surface area contributed by atoms with Gasteiger partial charge in [0.2, 0.25) is 0 Å². The maximum atomic E-state index is 12.8. The van der Waals surface area contributed by atoms with Crippen molar-refractivity contribution in [3.8, 4) is 0 Å². The lowest BCUT2D eigenvalue weighted by Gasteiger charge is -2.21. The Hall–Kier alpha value is -1.62. The second-order valence-electron chi connectivity index (χ2n) is 3.15. The number of carbonyl (C=O) groups is 2. The molecule has 0 N–H and O–H groups in total. The van der Waals surface area contributed by atoms with Gasteiger partial charge in [-0.3, -0.25) is 0 Å². The van der Waals surface area contributed by atoms with Crippen LogP contribution >= 0.6 is 11.6 Å². The highest BCUT2D eigenvalue weighted by atomic mass is 35.5. The summed E-state index contributed by atoms with van der Waals surface area (Å²) in [5.41, 5.74) is 0.0827. The predicted octanol–water partition coefficient (Wildman–Crippen LogP) is 1.61. The van der Waals surface area contributed by atoms with Crippen LogP contribution in [0.2, 0.25) is 0 Å². The summed E-state index contributed by atoms with van der Waals surface area (Å²) in [7, 11) is 2.18. The lowest BCUT2D eigenvalue weighted by atomic mass is 9.98. The van der Waals surface area contributed by atoms with E-state index in [1.165, 1.54) is 12.1 Å². The molecule has 0 aliphatic rings. The zero-order valence-electron chi connectivity index (χ0n) is 9.20. The van der Waals surface area contributed by atoms with Gasteiger partial charge in [0, 0.05) is 0 Å². The van der Waals surface area contributed by atoms with Gasteiger partial charge in [-0.1, -0.05) is 23.7 Å². The molecule has 1 aromatic carbocycles. The maximum absolute atomic E-state index is 12.8. The first-order valence-corrected chi connectivity index (χ1v) is 4.96. The van der Waals surface area contributed by atoms with Crippen LogP contribution in [0.4, 0.5) is 4.39 Å². The molecule has 0 radical (unpaired) electrons. The Morgan fingerprint density at radius 3 is 1.88 bits per heavy atom. The van der Waals surface area contributed by atoms with Crippen LogP contribution < -0.4 is 0 Å². The van der Waals surface area contributed by atoms with E-state index in [2.05, 4.69) is 9.47 Å². The first kappa shape index (κ1) is 13.4. The van der Waals surface area contributed by atoms with E-state index in [1.807, 2.05) is 0 Å². The van der Waals surface area contributed by atoms with Crippen LogP contribution in [0.5, 0.6) is 0 Å². The minimum absolute atomic E-state index is 0.0827. The highest BCUT2D eigenvalue weighted by Gasteiger charge is 2.48. The molecular formula is C11H10ClFO4. The van der Waals surface area contributed by atoms with Crippen LogP contribution in [0, 0.1) is 5.82 Å². The summed E-state index contributed by atoms with van der Waals surface area (Å²) in [5.74, 6) is -2.49. The Balaban J connectivity index is 3.28. The Bertz CT molecular complexity index is 414. The summed E-state index contributed by atoms with van der Waals surface area (Å²) in [6.07, 6.45) is 0. The van der Waals surface area contributed by atoms with Gasteiger partial charge in [0.1, 0.15) is 5.82 Å². The number of alkyl halides is 1. The van der Waals surface area contributed by atoms with Gasteiger partial charge in [0.05, 0.1) is 14.2 Å². The minimum Gasteiger partial charge on any atom is -0.467 e. The van der Waals surface area contributed by atoms with Crippen molar-refractivity contribution in [2.24, 2.45) is 0 Å².